The number of rotatable bonds is 4. The molecule has 1 aliphatic rings. The first-order chi connectivity index (χ1) is 8.86. The molecule has 0 radical (unpaired) electrons. The molecule has 1 aromatic carbocycles. The number of hydrogen-bond acceptors (Lipinski definition) is 5. The number of nitro groups is 1. The summed E-state index contributed by atoms with van der Waals surface area (Å²) in [6, 6.07) is 4.37. The first-order valence-electron chi connectivity index (χ1n) is 5.91. The Morgan fingerprint density at radius 2 is 2.16 bits per heavy atom. The van der Waals surface area contributed by atoms with Gasteiger partial charge in [0.2, 0.25) is 0 Å². The van der Waals surface area contributed by atoms with Crippen molar-refractivity contribution in [2.75, 3.05) is 5.43 Å². The number of amides is 1. The molecule has 4 N–H and O–H groups in total. The van der Waals surface area contributed by atoms with Crippen LogP contribution in [0.1, 0.15) is 30.6 Å². The molecule has 0 spiro atoms. The van der Waals surface area contributed by atoms with E-state index in [-0.39, 0.29) is 34.3 Å². The number of benzene rings is 1. The maximum absolute atomic E-state index is 12.1. The SMILES string of the molecule is CC1(C)CC1NC(=O)c1cccc([N+](=O)[O-])c1NN. The summed E-state index contributed by atoms with van der Waals surface area (Å²) in [5.41, 5.74) is 2.32. The molecule has 1 aliphatic carbocycles. The lowest BCUT2D eigenvalue weighted by Gasteiger charge is -2.10. The fraction of sp³-hybridized carbons (Fsp3) is 0.417. The predicted molar refractivity (Wildman–Crippen MR) is 70.6 cm³/mol. The summed E-state index contributed by atoms with van der Waals surface area (Å²) < 4.78 is 0. The number of nitrogens with one attached hydrogen (secondary N) is 2. The Balaban J connectivity index is 2.26. The average molecular weight is 264 g/mol. The average Bonchev–Trinajstić information content (AvgIpc) is 2.95. The summed E-state index contributed by atoms with van der Waals surface area (Å²) in [5, 5.41) is 13.7. The van der Waals surface area contributed by atoms with Gasteiger partial charge in [-0.1, -0.05) is 19.9 Å². The zero-order valence-corrected chi connectivity index (χ0v) is 10.8. The van der Waals surface area contributed by atoms with Crippen molar-refractivity contribution in [1.29, 1.82) is 0 Å². The second-order valence-corrected chi connectivity index (χ2v) is 5.32. The highest BCUT2D eigenvalue weighted by Gasteiger charge is 2.46. The van der Waals surface area contributed by atoms with Gasteiger partial charge in [0.05, 0.1) is 10.5 Å². The van der Waals surface area contributed by atoms with Gasteiger partial charge in [-0.3, -0.25) is 20.8 Å². The molecular weight excluding hydrogens is 248 g/mol. The van der Waals surface area contributed by atoms with Crippen molar-refractivity contribution in [1.82, 2.24) is 5.32 Å². The zero-order chi connectivity index (χ0) is 14.2. The van der Waals surface area contributed by atoms with Crippen molar-refractivity contribution in [2.24, 2.45) is 11.3 Å². The molecule has 0 heterocycles. The number of para-hydroxylation sites is 1. The quantitative estimate of drug-likeness (QED) is 0.432. The Morgan fingerprint density at radius 1 is 1.53 bits per heavy atom. The highest BCUT2D eigenvalue weighted by atomic mass is 16.6. The molecule has 1 amide bonds. The molecule has 1 saturated carbocycles. The van der Waals surface area contributed by atoms with E-state index in [2.05, 4.69) is 10.7 Å². The number of nitrogens with two attached hydrogens (primary N) is 1. The van der Waals surface area contributed by atoms with Crippen molar-refractivity contribution in [3.05, 3.63) is 33.9 Å². The van der Waals surface area contributed by atoms with Gasteiger partial charge in [-0.15, -0.1) is 0 Å². The smallest absolute Gasteiger partial charge is 0.294 e. The minimum atomic E-state index is -0.576. The molecule has 1 atom stereocenters. The van der Waals surface area contributed by atoms with Crippen LogP contribution in [0.4, 0.5) is 11.4 Å². The number of carbonyl (C=O) groups is 1. The van der Waals surface area contributed by atoms with E-state index in [1.54, 1.807) is 0 Å². The third-order valence-corrected chi connectivity index (χ3v) is 3.45. The van der Waals surface area contributed by atoms with Gasteiger partial charge >= 0.3 is 0 Å². The summed E-state index contributed by atoms with van der Waals surface area (Å²) in [6.07, 6.45) is 0.902. The normalized spacial score (nSPS) is 19.6. The van der Waals surface area contributed by atoms with E-state index in [0.717, 1.165) is 6.42 Å². The van der Waals surface area contributed by atoms with Gasteiger partial charge in [0.15, 0.2) is 0 Å². The van der Waals surface area contributed by atoms with Crippen molar-refractivity contribution in [2.45, 2.75) is 26.3 Å². The van der Waals surface area contributed by atoms with E-state index < -0.39 is 4.92 Å². The number of carbonyl (C=O) groups excluding carboxylic acids is 1. The lowest BCUT2D eigenvalue weighted by atomic mass is 10.1. The maximum atomic E-state index is 12.1. The molecule has 2 rings (SSSR count). The third kappa shape index (κ3) is 2.50. The standard InChI is InChI=1S/C12H16N4O3/c1-12(2)6-9(12)14-11(17)7-4-3-5-8(16(18)19)10(7)15-13/h3-5,9,15H,6,13H2,1-2H3,(H,14,17). The molecule has 0 aliphatic heterocycles. The predicted octanol–water partition coefficient (Wildman–Crippen LogP) is 1.41. The summed E-state index contributed by atoms with van der Waals surface area (Å²) in [5.74, 6) is 4.94. The van der Waals surface area contributed by atoms with Crippen LogP contribution in [0, 0.1) is 15.5 Å². The monoisotopic (exact) mass is 264 g/mol. The van der Waals surface area contributed by atoms with E-state index in [1.165, 1.54) is 18.2 Å². The number of anilines is 1. The fourth-order valence-corrected chi connectivity index (χ4v) is 1.98. The zero-order valence-electron chi connectivity index (χ0n) is 10.8. The minimum Gasteiger partial charge on any atom is -0.349 e. The topological polar surface area (TPSA) is 110 Å². The first kappa shape index (κ1) is 13.3. The summed E-state index contributed by atoms with van der Waals surface area (Å²) in [6.45, 7) is 4.10. The molecule has 1 unspecified atom stereocenters. The van der Waals surface area contributed by atoms with E-state index in [0.29, 0.717) is 0 Å². The lowest BCUT2D eigenvalue weighted by molar-refractivity contribution is -0.384. The fourth-order valence-electron chi connectivity index (χ4n) is 1.98. The van der Waals surface area contributed by atoms with Crippen LogP contribution < -0.4 is 16.6 Å². The number of nitrogen functional groups attached to an aromatic ring is 1. The second kappa shape index (κ2) is 4.51. The molecule has 0 bridgehead atoms. The molecular formula is C12H16N4O3. The van der Waals surface area contributed by atoms with Gasteiger partial charge in [0.1, 0.15) is 5.69 Å². The van der Waals surface area contributed by atoms with E-state index >= 15 is 0 Å². The molecule has 7 nitrogen and oxygen atoms in total. The first-order valence-corrected chi connectivity index (χ1v) is 5.91. The second-order valence-electron chi connectivity index (χ2n) is 5.32. The van der Waals surface area contributed by atoms with Gasteiger partial charge in [-0.05, 0) is 17.9 Å². The Hall–Kier alpha value is -2.15. The van der Waals surface area contributed by atoms with Gasteiger partial charge in [0.25, 0.3) is 11.6 Å². The molecule has 102 valence electrons. The molecule has 19 heavy (non-hydrogen) atoms. The highest BCUT2D eigenvalue weighted by Crippen LogP contribution is 2.44. The van der Waals surface area contributed by atoms with E-state index in [4.69, 9.17) is 5.84 Å². The van der Waals surface area contributed by atoms with Gasteiger partial charge < -0.3 is 10.7 Å². The van der Waals surface area contributed by atoms with Crippen LogP contribution in [0.2, 0.25) is 0 Å². The van der Waals surface area contributed by atoms with Crippen LogP contribution in [-0.2, 0) is 0 Å². The maximum Gasteiger partial charge on any atom is 0.294 e. The van der Waals surface area contributed by atoms with Crippen LogP contribution >= 0.6 is 0 Å². The van der Waals surface area contributed by atoms with Crippen LogP contribution in [-0.4, -0.2) is 16.9 Å². The molecule has 0 aromatic heterocycles. The van der Waals surface area contributed by atoms with Crippen molar-refractivity contribution in [3.8, 4) is 0 Å². The van der Waals surface area contributed by atoms with E-state index in [1.807, 2.05) is 13.8 Å². The van der Waals surface area contributed by atoms with Gasteiger partial charge in [-0.2, -0.15) is 0 Å². The van der Waals surface area contributed by atoms with Gasteiger partial charge in [0, 0.05) is 12.1 Å². The molecule has 1 fully saturated rings. The number of nitro benzene ring substituents is 1. The summed E-state index contributed by atoms with van der Waals surface area (Å²) in [7, 11) is 0. The van der Waals surface area contributed by atoms with Gasteiger partial charge in [-0.25, -0.2) is 0 Å². The summed E-state index contributed by atoms with van der Waals surface area (Å²) in [4.78, 5) is 22.4. The Morgan fingerprint density at radius 3 is 2.63 bits per heavy atom. The Labute approximate surface area is 110 Å². The van der Waals surface area contributed by atoms with Crippen LogP contribution in [0.3, 0.4) is 0 Å². The van der Waals surface area contributed by atoms with E-state index in [9.17, 15) is 14.9 Å². The van der Waals surface area contributed by atoms with Crippen molar-refractivity contribution >= 4 is 17.3 Å². The molecule has 0 saturated heterocycles. The molecule has 1 aromatic rings. The minimum absolute atomic E-state index is 0.0310. The highest BCUT2D eigenvalue weighted by molar-refractivity contribution is 6.01. The number of hydrazine groups is 1. The van der Waals surface area contributed by atoms with Crippen molar-refractivity contribution in [3.63, 3.8) is 0 Å². The largest absolute Gasteiger partial charge is 0.349 e. The number of hydrogen-bond donors (Lipinski definition) is 3. The van der Waals surface area contributed by atoms with Crippen molar-refractivity contribution < 1.29 is 9.72 Å². The number of nitrogens with zero attached hydrogens (tertiary/aromatic N) is 1. The Kier molecular flexibility index (Phi) is 3.15. The van der Waals surface area contributed by atoms with Crippen LogP contribution in [0.15, 0.2) is 18.2 Å². The molecule has 7 heteroatoms. The van der Waals surface area contributed by atoms with Crippen LogP contribution in [0.25, 0.3) is 0 Å². The summed E-state index contributed by atoms with van der Waals surface area (Å²) >= 11 is 0. The van der Waals surface area contributed by atoms with Crippen LogP contribution in [0.5, 0.6) is 0 Å². The third-order valence-electron chi connectivity index (χ3n) is 3.45. The lowest BCUT2D eigenvalue weighted by Crippen LogP contribution is -2.29. The Bertz CT molecular complexity index is 542.